The molecule has 0 radical (unpaired) electrons. The van der Waals surface area contributed by atoms with Crippen LogP contribution in [0, 0.1) is 0 Å². The highest BCUT2D eigenvalue weighted by Crippen LogP contribution is 2.57. The maximum atomic E-state index is 2.43. The van der Waals surface area contributed by atoms with Crippen molar-refractivity contribution in [1.82, 2.24) is 0 Å². The lowest BCUT2D eigenvalue weighted by Gasteiger charge is -2.21. The smallest absolute Gasteiger partial charge is 0.000763 e. The molecule has 0 nitrogen and oxygen atoms in total. The Hall–Kier alpha value is -5.20. The Balaban J connectivity index is 1.56. The van der Waals surface area contributed by atoms with E-state index in [2.05, 4.69) is 158 Å². The normalized spacial score (nSPS) is 11.5. The molecule has 0 aromatic heterocycles. The van der Waals surface area contributed by atoms with Crippen molar-refractivity contribution in [2.45, 2.75) is 0 Å². The van der Waals surface area contributed by atoms with Gasteiger partial charge in [0, 0.05) is 0 Å². The van der Waals surface area contributed by atoms with Crippen LogP contribution in [0.1, 0.15) is 0 Å². The summed E-state index contributed by atoms with van der Waals surface area (Å²) in [6.07, 6.45) is 0. The van der Waals surface area contributed by atoms with Crippen LogP contribution < -0.4 is 0 Å². The zero-order valence-electron chi connectivity index (χ0n) is 22.0. The van der Waals surface area contributed by atoms with Gasteiger partial charge in [-0.15, -0.1) is 0 Å². The third-order valence-corrected chi connectivity index (χ3v) is 8.18. The summed E-state index contributed by atoms with van der Waals surface area (Å²) in [4.78, 5) is 0. The number of hydrogen-bond donors (Lipinski definition) is 0. The van der Waals surface area contributed by atoms with Crippen LogP contribution in [-0.2, 0) is 0 Å². The lowest BCUT2D eigenvalue weighted by atomic mass is 9.82. The van der Waals surface area contributed by atoms with Crippen molar-refractivity contribution in [3.8, 4) is 66.8 Å². The number of hydrogen-bond acceptors (Lipinski definition) is 0. The molecule has 0 fully saturated rings. The topological polar surface area (TPSA) is 0 Å². The van der Waals surface area contributed by atoms with Gasteiger partial charge in [-0.2, -0.15) is 0 Å². The van der Waals surface area contributed by atoms with Crippen molar-refractivity contribution >= 4 is 10.8 Å². The molecule has 1 aliphatic carbocycles. The van der Waals surface area contributed by atoms with Gasteiger partial charge < -0.3 is 0 Å². The molecule has 0 bridgehead atoms. The van der Waals surface area contributed by atoms with E-state index in [-0.39, 0.29) is 0 Å². The van der Waals surface area contributed by atoms with Crippen molar-refractivity contribution in [2.75, 3.05) is 0 Å². The fourth-order valence-corrected chi connectivity index (χ4v) is 6.46. The van der Waals surface area contributed by atoms with E-state index in [1.165, 1.54) is 77.5 Å². The predicted octanol–water partition coefficient (Wildman–Crippen LogP) is 11.2. The molecule has 0 atom stereocenters. The van der Waals surface area contributed by atoms with Crippen molar-refractivity contribution in [2.24, 2.45) is 0 Å². The number of fused-ring (bicyclic) bond motifs is 3. The number of rotatable bonds is 4. The van der Waals surface area contributed by atoms with Crippen LogP contribution >= 0.6 is 0 Å². The molecule has 0 heteroatoms. The molecule has 0 amide bonds. The van der Waals surface area contributed by atoms with E-state index < -0.39 is 0 Å². The fraction of sp³-hybridized carbons (Fsp3) is 0. The van der Waals surface area contributed by atoms with Crippen molar-refractivity contribution in [1.29, 1.82) is 0 Å². The monoisotopic (exact) mass is 506 g/mol. The SMILES string of the molecule is c1ccc(-c2cc3c4c(cccc4c2)-c2c(-c4ccccc4)c(-c4ccccc4)cc(-c4ccccc4)c2-3)cc1. The predicted molar refractivity (Wildman–Crippen MR) is 170 cm³/mol. The van der Waals surface area contributed by atoms with Crippen LogP contribution in [0.2, 0.25) is 0 Å². The summed E-state index contributed by atoms with van der Waals surface area (Å²) in [6, 6.07) is 57.4. The molecule has 8 rings (SSSR count). The summed E-state index contributed by atoms with van der Waals surface area (Å²) < 4.78 is 0. The maximum absolute atomic E-state index is 2.43. The second-order valence-electron chi connectivity index (χ2n) is 10.5. The van der Waals surface area contributed by atoms with Crippen molar-refractivity contribution < 1.29 is 0 Å². The summed E-state index contributed by atoms with van der Waals surface area (Å²) in [5.41, 5.74) is 15.3. The van der Waals surface area contributed by atoms with E-state index in [1.807, 2.05) is 0 Å². The fourth-order valence-electron chi connectivity index (χ4n) is 6.46. The van der Waals surface area contributed by atoms with Gasteiger partial charge >= 0.3 is 0 Å². The van der Waals surface area contributed by atoms with E-state index in [0.717, 1.165) is 0 Å². The molecule has 7 aromatic carbocycles. The van der Waals surface area contributed by atoms with Gasteiger partial charge in [0.2, 0.25) is 0 Å². The van der Waals surface area contributed by atoms with Crippen LogP contribution in [0.4, 0.5) is 0 Å². The third-order valence-electron chi connectivity index (χ3n) is 8.18. The first kappa shape index (κ1) is 22.8. The van der Waals surface area contributed by atoms with Crippen LogP contribution in [0.25, 0.3) is 77.5 Å². The van der Waals surface area contributed by atoms with Gasteiger partial charge in [-0.25, -0.2) is 0 Å². The Kier molecular flexibility index (Phi) is 5.24. The van der Waals surface area contributed by atoms with Gasteiger partial charge in [-0.1, -0.05) is 140 Å². The summed E-state index contributed by atoms with van der Waals surface area (Å²) in [7, 11) is 0. The highest BCUT2D eigenvalue weighted by Gasteiger charge is 2.30. The minimum absolute atomic E-state index is 1.23. The highest BCUT2D eigenvalue weighted by molar-refractivity contribution is 6.23. The van der Waals surface area contributed by atoms with Gasteiger partial charge in [0.15, 0.2) is 0 Å². The minimum atomic E-state index is 1.23. The summed E-state index contributed by atoms with van der Waals surface area (Å²) >= 11 is 0. The molecular weight excluding hydrogens is 480 g/mol. The Labute approximate surface area is 234 Å². The maximum Gasteiger partial charge on any atom is -0.000763 e. The molecule has 1 aliphatic rings. The molecule has 40 heavy (non-hydrogen) atoms. The Morgan fingerprint density at radius 3 is 1.38 bits per heavy atom. The van der Waals surface area contributed by atoms with Crippen LogP contribution in [0.15, 0.2) is 158 Å². The molecule has 0 unspecified atom stereocenters. The lowest BCUT2D eigenvalue weighted by molar-refractivity contribution is 1.56. The van der Waals surface area contributed by atoms with Gasteiger partial charge in [0.1, 0.15) is 0 Å². The van der Waals surface area contributed by atoms with Gasteiger partial charge in [0.05, 0.1) is 0 Å². The third kappa shape index (κ3) is 3.54. The second kappa shape index (κ2) is 9.22. The number of benzene rings is 7. The largest absolute Gasteiger partial charge is 0.0622 e. The molecule has 0 heterocycles. The molecule has 0 saturated heterocycles. The first-order chi connectivity index (χ1) is 19.9. The molecule has 0 aliphatic heterocycles. The Morgan fingerprint density at radius 2 is 0.775 bits per heavy atom. The van der Waals surface area contributed by atoms with E-state index in [1.54, 1.807) is 0 Å². The van der Waals surface area contributed by atoms with E-state index >= 15 is 0 Å². The van der Waals surface area contributed by atoms with E-state index in [4.69, 9.17) is 0 Å². The molecule has 186 valence electrons. The summed E-state index contributed by atoms with van der Waals surface area (Å²) in [6.45, 7) is 0. The zero-order valence-corrected chi connectivity index (χ0v) is 22.0. The van der Waals surface area contributed by atoms with Crippen LogP contribution in [0.3, 0.4) is 0 Å². The summed E-state index contributed by atoms with van der Waals surface area (Å²) in [5, 5.41) is 2.63. The first-order valence-corrected chi connectivity index (χ1v) is 13.9. The standard InChI is InChI=1S/C40H26/c1-5-14-27(15-6-1)32-24-31-22-13-23-33-37(31)36(25-32)39-35(29-18-9-3-10-19-29)26-34(28-16-7-2-8-17-28)38(40(33)39)30-20-11-4-12-21-30/h1-26H. The van der Waals surface area contributed by atoms with Crippen molar-refractivity contribution in [3.63, 3.8) is 0 Å². The average Bonchev–Trinajstić information content (AvgIpc) is 3.37. The van der Waals surface area contributed by atoms with Crippen LogP contribution in [0.5, 0.6) is 0 Å². The van der Waals surface area contributed by atoms with Gasteiger partial charge in [-0.3, -0.25) is 0 Å². The first-order valence-electron chi connectivity index (χ1n) is 13.9. The second-order valence-corrected chi connectivity index (χ2v) is 10.5. The van der Waals surface area contributed by atoms with Gasteiger partial charge in [0.25, 0.3) is 0 Å². The Morgan fingerprint density at radius 1 is 0.250 bits per heavy atom. The van der Waals surface area contributed by atoms with E-state index in [9.17, 15) is 0 Å². The average molecular weight is 507 g/mol. The molecule has 0 saturated carbocycles. The van der Waals surface area contributed by atoms with E-state index in [0.29, 0.717) is 0 Å². The molecular formula is C40H26. The molecule has 7 aromatic rings. The van der Waals surface area contributed by atoms with Crippen LogP contribution in [-0.4, -0.2) is 0 Å². The Bertz CT molecular complexity index is 2000. The summed E-state index contributed by atoms with van der Waals surface area (Å²) in [5.74, 6) is 0. The molecule has 0 N–H and O–H groups in total. The van der Waals surface area contributed by atoms with Gasteiger partial charge in [-0.05, 0) is 95.7 Å². The highest BCUT2D eigenvalue weighted by atomic mass is 14.3. The van der Waals surface area contributed by atoms with Crippen molar-refractivity contribution in [3.05, 3.63) is 158 Å². The quantitative estimate of drug-likeness (QED) is 0.223. The lowest BCUT2D eigenvalue weighted by Crippen LogP contribution is -1.94. The minimum Gasteiger partial charge on any atom is -0.0622 e. The molecule has 0 spiro atoms. The zero-order chi connectivity index (χ0) is 26.5.